The molecular formula is C21H21N7. The molecule has 2 heterocycles. The summed E-state index contributed by atoms with van der Waals surface area (Å²) in [5.41, 5.74) is 5.12. The molecule has 7 nitrogen and oxygen atoms in total. The third-order valence-electron chi connectivity index (χ3n) is 4.68. The first kappa shape index (κ1) is 17.6. The predicted octanol–water partition coefficient (Wildman–Crippen LogP) is 3.32. The van der Waals surface area contributed by atoms with Gasteiger partial charge in [0.1, 0.15) is 0 Å². The first-order valence-corrected chi connectivity index (χ1v) is 9.20. The van der Waals surface area contributed by atoms with Gasteiger partial charge in [0.15, 0.2) is 6.19 Å². The lowest BCUT2D eigenvalue weighted by Crippen LogP contribution is -2.35. The standard InChI is InChI=1S/C21H21N7/c1-23-21(26-13-22)25-12-6-11-24-18-14-7-2-4-9-16(14)27-19-15-8-3-5-10-17(15)28-20(18)19/h2-5,7-10,28H,6,11-12H2,1H3,(H,24,27)(H2,23,25,26). The topological polar surface area (TPSA) is 101 Å². The number of guanidine groups is 1. The molecule has 0 radical (unpaired) electrons. The van der Waals surface area contributed by atoms with Crippen LogP contribution in [-0.4, -0.2) is 36.1 Å². The monoisotopic (exact) mass is 371 g/mol. The van der Waals surface area contributed by atoms with Gasteiger partial charge in [-0.25, -0.2) is 4.98 Å². The van der Waals surface area contributed by atoms with Gasteiger partial charge < -0.3 is 15.6 Å². The highest BCUT2D eigenvalue weighted by atomic mass is 15.2. The highest BCUT2D eigenvalue weighted by Gasteiger charge is 2.13. The third-order valence-corrected chi connectivity index (χ3v) is 4.68. The van der Waals surface area contributed by atoms with Gasteiger partial charge in [-0.3, -0.25) is 10.3 Å². The zero-order valence-electron chi connectivity index (χ0n) is 15.6. The molecule has 0 saturated carbocycles. The van der Waals surface area contributed by atoms with Gasteiger partial charge in [0.05, 0.1) is 22.2 Å². The normalized spacial score (nSPS) is 11.6. The van der Waals surface area contributed by atoms with Crippen LogP contribution in [0.15, 0.2) is 53.5 Å². The molecular weight excluding hydrogens is 350 g/mol. The lowest BCUT2D eigenvalue weighted by molar-refractivity contribution is 0.790. The van der Waals surface area contributed by atoms with Crippen molar-refractivity contribution in [3.05, 3.63) is 48.5 Å². The molecule has 0 amide bonds. The number of para-hydroxylation sites is 2. The first-order chi connectivity index (χ1) is 13.8. The van der Waals surface area contributed by atoms with Crippen molar-refractivity contribution < 1.29 is 0 Å². The number of hydrogen-bond donors (Lipinski definition) is 4. The van der Waals surface area contributed by atoms with E-state index >= 15 is 0 Å². The van der Waals surface area contributed by atoms with Gasteiger partial charge in [-0.2, -0.15) is 5.26 Å². The van der Waals surface area contributed by atoms with Gasteiger partial charge in [0, 0.05) is 36.4 Å². The zero-order chi connectivity index (χ0) is 19.3. The summed E-state index contributed by atoms with van der Waals surface area (Å²) in [5.74, 6) is 0.481. The quantitative estimate of drug-likeness (QED) is 0.142. The van der Waals surface area contributed by atoms with Crippen molar-refractivity contribution in [2.24, 2.45) is 4.99 Å². The fraction of sp³-hybridized carbons (Fsp3) is 0.190. The second-order valence-corrected chi connectivity index (χ2v) is 6.41. The van der Waals surface area contributed by atoms with Gasteiger partial charge >= 0.3 is 0 Å². The summed E-state index contributed by atoms with van der Waals surface area (Å²) in [6.45, 7) is 1.47. The molecule has 2 aromatic carbocycles. The molecule has 4 N–H and O–H groups in total. The Labute approximate surface area is 162 Å². The van der Waals surface area contributed by atoms with E-state index in [1.54, 1.807) is 7.05 Å². The summed E-state index contributed by atoms with van der Waals surface area (Å²) in [6.07, 6.45) is 2.73. The van der Waals surface area contributed by atoms with Crippen LogP contribution < -0.4 is 16.0 Å². The molecule has 0 bridgehead atoms. The van der Waals surface area contributed by atoms with Gasteiger partial charge in [0.25, 0.3) is 0 Å². The number of pyridine rings is 1. The van der Waals surface area contributed by atoms with E-state index in [2.05, 4.69) is 44.1 Å². The number of benzene rings is 2. The predicted molar refractivity (Wildman–Crippen MR) is 114 cm³/mol. The van der Waals surface area contributed by atoms with Crippen LogP contribution in [0.3, 0.4) is 0 Å². The molecule has 2 aromatic heterocycles. The molecule has 28 heavy (non-hydrogen) atoms. The second-order valence-electron chi connectivity index (χ2n) is 6.41. The Bertz CT molecular complexity index is 1200. The minimum atomic E-state index is 0.481. The first-order valence-electron chi connectivity index (χ1n) is 9.20. The fourth-order valence-corrected chi connectivity index (χ4v) is 3.39. The summed E-state index contributed by atoms with van der Waals surface area (Å²) in [7, 11) is 1.64. The molecule has 4 aromatic rings. The lowest BCUT2D eigenvalue weighted by Gasteiger charge is -2.12. The maximum Gasteiger partial charge on any atom is 0.204 e. The Morgan fingerprint density at radius 3 is 2.71 bits per heavy atom. The van der Waals surface area contributed by atoms with Crippen LogP contribution in [0, 0.1) is 11.5 Å². The van der Waals surface area contributed by atoms with Gasteiger partial charge in [-0.05, 0) is 18.6 Å². The summed E-state index contributed by atoms with van der Waals surface area (Å²) >= 11 is 0. The largest absolute Gasteiger partial charge is 0.383 e. The smallest absolute Gasteiger partial charge is 0.204 e. The number of aromatic amines is 1. The van der Waals surface area contributed by atoms with Crippen LogP contribution in [-0.2, 0) is 0 Å². The van der Waals surface area contributed by atoms with Crippen molar-refractivity contribution in [1.29, 1.82) is 5.26 Å². The van der Waals surface area contributed by atoms with Crippen LogP contribution in [0.2, 0.25) is 0 Å². The molecule has 0 spiro atoms. The molecule has 0 aliphatic rings. The van der Waals surface area contributed by atoms with Crippen molar-refractivity contribution in [3.63, 3.8) is 0 Å². The number of anilines is 1. The Kier molecular flexibility index (Phi) is 4.93. The number of nitriles is 1. The van der Waals surface area contributed by atoms with Crippen molar-refractivity contribution >= 4 is 44.5 Å². The van der Waals surface area contributed by atoms with Gasteiger partial charge in [-0.1, -0.05) is 36.4 Å². The maximum atomic E-state index is 8.68. The van der Waals surface area contributed by atoms with Gasteiger partial charge in [-0.15, -0.1) is 0 Å². The minimum absolute atomic E-state index is 0.481. The Morgan fingerprint density at radius 2 is 1.89 bits per heavy atom. The van der Waals surface area contributed by atoms with Crippen molar-refractivity contribution in [1.82, 2.24) is 20.6 Å². The number of aliphatic imine (C=N–C) groups is 1. The van der Waals surface area contributed by atoms with Crippen LogP contribution in [0.4, 0.5) is 5.69 Å². The van der Waals surface area contributed by atoms with E-state index in [1.807, 2.05) is 36.5 Å². The molecule has 0 fully saturated rings. The average molecular weight is 371 g/mol. The SMILES string of the molecule is CN=C(NC#N)NCCCNc1c2ccccc2nc2c1[nH]c1ccccc12. The van der Waals surface area contributed by atoms with Crippen molar-refractivity contribution in [2.45, 2.75) is 6.42 Å². The van der Waals surface area contributed by atoms with Crippen LogP contribution >= 0.6 is 0 Å². The molecule has 0 saturated heterocycles. The van der Waals surface area contributed by atoms with Gasteiger partial charge in [0.2, 0.25) is 5.96 Å². The molecule has 7 heteroatoms. The molecule has 140 valence electrons. The Hall–Kier alpha value is -3.79. The maximum absolute atomic E-state index is 8.68. The van der Waals surface area contributed by atoms with Crippen molar-refractivity contribution in [3.8, 4) is 6.19 Å². The van der Waals surface area contributed by atoms with E-state index in [-0.39, 0.29) is 0 Å². The second kappa shape index (κ2) is 7.84. The van der Waals surface area contributed by atoms with E-state index in [4.69, 9.17) is 10.2 Å². The molecule has 0 atom stereocenters. The number of nitrogens with zero attached hydrogens (tertiary/aromatic N) is 3. The van der Waals surface area contributed by atoms with E-state index in [9.17, 15) is 0 Å². The minimum Gasteiger partial charge on any atom is -0.383 e. The number of fused-ring (bicyclic) bond motifs is 4. The number of nitrogens with one attached hydrogen (secondary N) is 4. The number of hydrogen-bond acceptors (Lipinski definition) is 4. The highest BCUT2D eigenvalue weighted by Crippen LogP contribution is 2.34. The zero-order valence-corrected chi connectivity index (χ0v) is 15.6. The average Bonchev–Trinajstić information content (AvgIpc) is 3.10. The lowest BCUT2D eigenvalue weighted by atomic mass is 10.1. The van der Waals surface area contributed by atoms with Crippen LogP contribution in [0.5, 0.6) is 0 Å². The summed E-state index contributed by atoms with van der Waals surface area (Å²) < 4.78 is 0. The summed E-state index contributed by atoms with van der Waals surface area (Å²) in [6, 6.07) is 16.4. The van der Waals surface area contributed by atoms with Crippen molar-refractivity contribution in [2.75, 3.05) is 25.5 Å². The third kappa shape index (κ3) is 3.28. The number of aromatic nitrogens is 2. The highest BCUT2D eigenvalue weighted by molar-refractivity contribution is 6.15. The molecule has 0 aliphatic carbocycles. The Balaban J connectivity index is 1.61. The Morgan fingerprint density at radius 1 is 1.11 bits per heavy atom. The number of rotatable bonds is 5. The van der Waals surface area contributed by atoms with E-state index in [1.165, 1.54) is 0 Å². The van der Waals surface area contributed by atoms with Crippen LogP contribution in [0.25, 0.3) is 32.8 Å². The van der Waals surface area contributed by atoms with Crippen LogP contribution in [0.1, 0.15) is 6.42 Å². The molecule has 0 aliphatic heterocycles. The molecule has 0 unspecified atom stereocenters. The molecule has 4 rings (SSSR count). The number of H-pyrrole nitrogens is 1. The summed E-state index contributed by atoms with van der Waals surface area (Å²) in [4.78, 5) is 12.4. The van der Waals surface area contributed by atoms with E-state index in [0.717, 1.165) is 51.5 Å². The van der Waals surface area contributed by atoms with E-state index in [0.29, 0.717) is 12.5 Å². The summed E-state index contributed by atoms with van der Waals surface area (Å²) in [5, 5.41) is 20.1. The fourth-order valence-electron chi connectivity index (χ4n) is 3.39. The van der Waals surface area contributed by atoms with E-state index < -0.39 is 0 Å².